The van der Waals surface area contributed by atoms with Gasteiger partial charge >= 0.3 is 12.4 Å². The molecule has 1 fully saturated rings. The van der Waals surface area contributed by atoms with Crippen LogP contribution in [-0.4, -0.2) is 35.6 Å². The molecule has 0 spiro atoms. The lowest BCUT2D eigenvalue weighted by Crippen LogP contribution is -2.39. The molecule has 14 heteroatoms. The lowest BCUT2D eigenvalue weighted by atomic mass is 9.59. The van der Waals surface area contributed by atoms with E-state index in [1.807, 2.05) is 0 Å². The molecule has 4 aliphatic rings. The van der Waals surface area contributed by atoms with Crippen LogP contribution in [0.25, 0.3) is 0 Å². The number of imide groups is 1. The van der Waals surface area contributed by atoms with Crippen LogP contribution < -0.4 is 9.64 Å². The molecule has 1 heterocycles. The van der Waals surface area contributed by atoms with Crippen LogP contribution in [0.4, 0.5) is 32.0 Å². The minimum Gasteiger partial charge on any atom is -0.504 e. The number of rotatable bonds is 3. The van der Waals surface area contributed by atoms with Crippen molar-refractivity contribution in [1.82, 2.24) is 0 Å². The molecule has 1 aliphatic heterocycles. The SMILES string of the molecule is COc1ccc([C@H]2C3=CC[C@@H]4C(=O)N(c5cc(C(F)(F)F)cc(C(F)(F)F)c5)C(=O)[C@@H]4[C@@H]3CC3=C2C(=O)C=C(Br)C3=O)cc1O. The summed E-state index contributed by atoms with van der Waals surface area (Å²) in [5, 5.41) is 10.5. The van der Waals surface area contributed by atoms with E-state index in [9.17, 15) is 50.6 Å². The molecular formula is C31H20BrF6NO6. The number of hydrogen-bond acceptors (Lipinski definition) is 6. The number of benzene rings is 2. The summed E-state index contributed by atoms with van der Waals surface area (Å²) in [6.45, 7) is 0. The Morgan fingerprint density at radius 1 is 0.911 bits per heavy atom. The number of carbonyl (C=O) groups is 4. The molecule has 234 valence electrons. The topological polar surface area (TPSA) is 101 Å². The second-order valence-electron chi connectivity index (χ2n) is 11.1. The number of ketones is 2. The van der Waals surface area contributed by atoms with E-state index in [0.29, 0.717) is 28.2 Å². The standard InChI is InChI=1S/C31H20BrF6NO6/c1-45-23-5-2-12(6-21(23)40)24-16-3-4-17-25(18(16)10-19-26(24)22(41)11-20(32)27(19)42)29(44)39(28(17)43)15-8-13(30(33,34)35)7-14(9-15)31(36,37)38/h2-3,5-9,11,17-18,24-25,40H,4,10H2,1H3/t17-,18+,24-,25-/m0/s1. The number of ether oxygens (including phenoxy) is 1. The summed E-state index contributed by atoms with van der Waals surface area (Å²) >= 11 is 3.09. The van der Waals surface area contributed by atoms with Gasteiger partial charge in [0.2, 0.25) is 11.8 Å². The van der Waals surface area contributed by atoms with Gasteiger partial charge in [-0.3, -0.25) is 19.2 Å². The maximum absolute atomic E-state index is 13.9. The average molecular weight is 696 g/mol. The molecule has 0 bridgehead atoms. The first-order valence-electron chi connectivity index (χ1n) is 13.5. The number of carbonyl (C=O) groups excluding carboxylic acids is 4. The zero-order chi connectivity index (χ0) is 32.7. The quantitative estimate of drug-likeness (QED) is 0.173. The van der Waals surface area contributed by atoms with Crippen molar-refractivity contribution in [2.75, 3.05) is 12.0 Å². The van der Waals surface area contributed by atoms with Gasteiger partial charge in [0.1, 0.15) is 0 Å². The molecule has 0 unspecified atom stereocenters. The highest BCUT2D eigenvalue weighted by Gasteiger charge is 2.57. The Morgan fingerprint density at radius 2 is 1.56 bits per heavy atom. The van der Waals surface area contributed by atoms with Crippen LogP contribution in [-0.2, 0) is 31.5 Å². The number of Topliss-reactive ketones (excluding diaryl/α,β-unsaturated/α-hetero) is 1. The van der Waals surface area contributed by atoms with Gasteiger partial charge in [-0.2, -0.15) is 26.3 Å². The normalized spacial score (nSPS) is 25.1. The summed E-state index contributed by atoms with van der Waals surface area (Å²) in [5.74, 6) is -7.45. The van der Waals surface area contributed by atoms with Gasteiger partial charge in [-0.25, -0.2) is 4.90 Å². The number of phenols is 1. The van der Waals surface area contributed by atoms with E-state index >= 15 is 0 Å². The Bertz CT molecular complexity index is 1770. The number of halogens is 7. The van der Waals surface area contributed by atoms with Gasteiger partial charge in [0, 0.05) is 23.1 Å². The minimum absolute atomic E-state index is 0.0403. The predicted molar refractivity (Wildman–Crippen MR) is 148 cm³/mol. The monoisotopic (exact) mass is 695 g/mol. The van der Waals surface area contributed by atoms with Crippen molar-refractivity contribution in [1.29, 1.82) is 0 Å². The van der Waals surface area contributed by atoms with Crippen LogP contribution >= 0.6 is 15.9 Å². The summed E-state index contributed by atoms with van der Waals surface area (Å²) in [7, 11) is 1.33. The number of anilines is 1. The highest BCUT2D eigenvalue weighted by Crippen LogP contribution is 2.56. The van der Waals surface area contributed by atoms with E-state index in [2.05, 4.69) is 15.9 Å². The van der Waals surface area contributed by atoms with Gasteiger partial charge in [0.15, 0.2) is 23.1 Å². The van der Waals surface area contributed by atoms with Crippen LogP contribution in [0.3, 0.4) is 0 Å². The molecule has 1 saturated heterocycles. The summed E-state index contributed by atoms with van der Waals surface area (Å²) in [6, 6.07) is 4.90. The number of aromatic hydroxyl groups is 1. The number of methoxy groups -OCH3 is 1. The predicted octanol–water partition coefficient (Wildman–Crippen LogP) is 6.41. The number of amides is 2. The Morgan fingerprint density at radius 3 is 2.13 bits per heavy atom. The van der Waals surface area contributed by atoms with E-state index < -0.39 is 76.2 Å². The van der Waals surface area contributed by atoms with Crippen LogP contribution in [0.1, 0.15) is 35.4 Å². The number of allylic oxidation sites excluding steroid dienone is 6. The first-order valence-corrected chi connectivity index (χ1v) is 14.3. The van der Waals surface area contributed by atoms with E-state index in [1.54, 1.807) is 12.1 Å². The largest absolute Gasteiger partial charge is 0.504 e. The molecule has 2 aromatic carbocycles. The molecule has 7 nitrogen and oxygen atoms in total. The molecular weight excluding hydrogens is 676 g/mol. The van der Waals surface area contributed by atoms with E-state index in [-0.39, 0.29) is 46.0 Å². The lowest BCUT2D eigenvalue weighted by molar-refractivity contribution is -0.143. The van der Waals surface area contributed by atoms with Crippen LogP contribution in [0.15, 0.2) is 69.8 Å². The second-order valence-corrected chi connectivity index (χ2v) is 12.0. The number of nitrogens with zero attached hydrogens (tertiary/aromatic N) is 1. The smallest absolute Gasteiger partial charge is 0.416 e. The zero-order valence-corrected chi connectivity index (χ0v) is 24.5. The summed E-state index contributed by atoms with van der Waals surface area (Å²) < 4.78 is 86.7. The molecule has 6 rings (SSSR count). The van der Waals surface area contributed by atoms with Crippen LogP contribution in [0.5, 0.6) is 11.5 Å². The number of alkyl halides is 6. The van der Waals surface area contributed by atoms with Crippen molar-refractivity contribution >= 4 is 45.0 Å². The van der Waals surface area contributed by atoms with E-state index in [4.69, 9.17) is 4.74 Å². The fraction of sp³-hybridized carbons (Fsp3) is 0.290. The molecule has 0 saturated carbocycles. The Kier molecular flexibility index (Phi) is 7.14. The van der Waals surface area contributed by atoms with Crippen molar-refractivity contribution in [2.45, 2.75) is 31.1 Å². The van der Waals surface area contributed by atoms with Crippen molar-refractivity contribution < 1.29 is 55.4 Å². The summed E-state index contributed by atoms with van der Waals surface area (Å²) in [6.07, 6.45) is -7.97. The van der Waals surface area contributed by atoms with E-state index in [0.717, 1.165) is 6.08 Å². The third-order valence-corrected chi connectivity index (χ3v) is 9.29. The van der Waals surface area contributed by atoms with Gasteiger partial charge in [-0.05, 0) is 70.6 Å². The Labute approximate surface area is 259 Å². The molecule has 2 aromatic rings. The molecule has 45 heavy (non-hydrogen) atoms. The van der Waals surface area contributed by atoms with Crippen molar-refractivity contribution in [2.24, 2.45) is 17.8 Å². The van der Waals surface area contributed by atoms with Crippen LogP contribution in [0.2, 0.25) is 0 Å². The van der Waals surface area contributed by atoms with Gasteiger partial charge in [-0.1, -0.05) is 17.7 Å². The number of fused-ring (bicyclic) bond motifs is 3. The van der Waals surface area contributed by atoms with Gasteiger partial charge in [0.05, 0.1) is 40.2 Å². The molecule has 2 amide bonds. The fourth-order valence-electron chi connectivity index (χ4n) is 6.79. The van der Waals surface area contributed by atoms with Gasteiger partial charge < -0.3 is 9.84 Å². The van der Waals surface area contributed by atoms with Crippen molar-refractivity contribution in [3.63, 3.8) is 0 Å². The average Bonchev–Trinajstić information content (AvgIpc) is 3.23. The lowest BCUT2D eigenvalue weighted by Gasteiger charge is -2.42. The minimum atomic E-state index is -5.21. The highest BCUT2D eigenvalue weighted by molar-refractivity contribution is 9.12. The Balaban J connectivity index is 1.48. The maximum atomic E-state index is 13.9. The molecule has 3 aliphatic carbocycles. The number of hydrogen-bond donors (Lipinski definition) is 1. The fourth-order valence-corrected chi connectivity index (χ4v) is 7.24. The van der Waals surface area contributed by atoms with Gasteiger partial charge in [0.25, 0.3) is 0 Å². The molecule has 4 atom stereocenters. The zero-order valence-electron chi connectivity index (χ0n) is 22.9. The molecule has 0 radical (unpaired) electrons. The Hall–Kier alpha value is -4.20. The summed E-state index contributed by atoms with van der Waals surface area (Å²) in [5.41, 5.74) is -3.25. The second kappa shape index (κ2) is 10.4. The van der Waals surface area contributed by atoms with Crippen LogP contribution in [0, 0.1) is 17.8 Å². The highest BCUT2D eigenvalue weighted by atomic mass is 79.9. The van der Waals surface area contributed by atoms with Crippen molar-refractivity contribution in [3.8, 4) is 11.5 Å². The molecule has 1 N–H and O–H groups in total. The van der Waals surface area contributed by atoms with Gasteiger partial charge in [-0.15, -0.1) is 0 Å². The third kappa shape index (κ3) is 4.89. The number of phenolic OH excluding ortho intramolecular Hbond substituents is 1. The van der Waals surface area contributed by atoms with Crippen molar-refractivity contribution in [3.05, 3.63) is 86.4 Å². The molecule has 0 aromatic heterocycles. The van der Waals surface area contributed by atoms with E-state index in [1.165, 1.54) is 19.2 Å². The first kappa shape index (κ1) is 30.8. The first-order chi connectivity index (χ1) is 21.0. The maximum Gasteiger partial charge on any atom is 0.416 e. The summed E-state index contributed by atoms with van der Waals surface area (Å²) in [4.78, 5) is 54.5. The third-order valence-electron chi connectivity index (χ3n) is 8.70.